The Balaban J connectivity index is 3.55. The molecule has 0 radical (unpaired) electrons. The third-order valence-electron chi connectivity index (χ3n) is 2.24. The smallest absolute Gasteiger partial charge is 0.433 e. The molecule has 8 nitrogen and oxygen atoms in total. The minimum Gasteiger partial charge on any atom is -0.433 e. The molecular weight excluding hydrogens is 377 g/mol. The van der Waals surface area contributed by atoms with Gasteiger partial charge in [-0.05, 0) is 13.8 Å². The average molecular weight is 406 g/mol. The summed E-state index contributed by atoms with van der Waals surface area (Å²) in [6.07, 6.45) is -0.874. The van der Waals surface area contributed by atoms with E-state index >= 15 is 0 Å². The number of ether oxygens (including phenoxy) is 2. The maximum atomic E-state index is 11.6. The van der Waals surface area contributed by atoms with Gasteiger partial charge in [-0.25, -0.2) is 9.36 Å². The first-order valence-electron chi connectivity index (χ1n) is 7.52. The molecule has 24 heavy (non-hydrogen) atoms. The van der Waals surface area contributed by atoms with E-state index in [4.69, 9.17) is 18.5 Å². The van der Waals surface area contributed by atoms with Crippen LogP contribution >= 0.6 is 29.4 Å². The Bertz CT molecular complexity index is 404. The summed E-state index contributed by atoms with van der Waals surface area (Å²) in [4.78, 5) is 20.6. The molecule has 0 saturated carbocycles. The van der Waals surface area contributed by atoms with Crippen molar-refractivity contribution in [2.75, 3.05) is 59.0 Å². The zero-order valence-corrected chi connectivity index (χ0v) is 17.5. The summed E-state index contributed by atoms with van der Waals surface area (Å²) in [6.45, 7) is 4.61. The van der Waals surface area contributed by atoms with Crippen molar-refractivity contribution in [1.82, 2.24) is 0 Å². The highest BCUT2D eigenvalue weighted by Gasteiger charge is 2.22. The molecule has 0 saturated heterocycles. The number of nitrogens with zero attached hydrogens (tertiary/aromatic N) is 1. The molecule has 0 aliphatic heterocycles. The van der Waals surface area contributed by atoms with Crippen LogP contribution in [0.3, 0.4) is 0 Å². The topological polar surface area (TPSA) is 91.3 Å². The van der Waals surface area contributed by atoms with Crippen LogP contribution in [0.15, 0.2) is 0 Å². The highest BCUT2D eigenvalue weighted by atomic mass is 33.1. The molecule has 1 N–H and O–H groups in total. The van der Waals surface area contributed by atoms with Crippen LogP contribution in [0.4, 0.5) is 4.79 Å². The van der Waals surface area contributed by atoms with E-state index in [9.17, 15) is 14.3 Å². The second-order valence-electron chi connectivity index (χ2n) is 6.06. The Morgan fingerprint density at radius 1 is 1.08 bits per heavy atom. The maximum Gasteiger partial charge on any atom is 0.508 e. The molecule has 0 aromatic rings. The fraction of sp³-hybridized carbons (Fsp3) is 0.923. The van der Waals surface area contributed by atoms with E-state index in [2.05, 4.69) is 0 Å². The van der Waals surface area contributed by atoms with Gasteiger partial charge in [-0.3, -0.25) is 9.05 Å². The van der Waals surface area contributed by atoms with Gasteiger partial charge in [0.15, 0.2) is 0 Å². The fourth-order valence-corrected chi connectivity index (χ4v) is 3.64. The minimum absolute atomic E-state index is 0.103. The van der Waals surface area contributed by atoms with Crippen molar-refractivity contribution < 1.29 is 37.3 Å². The van der Waals surface area contributed by atoms with Crippen molar-refractivity contribution in [3.8, 4) is 0 Å². The molecule has 11 heteroatoms. The normalized spacial score (nSPS) is 14.5. The molecule has 1 unspecified atom stereocenters. The zero-order valence-electron chi connectivity index (χ0n) is 14.9. The van der Waals surface area contributed by atoms with Gasteiger partial charge in [-0.15, -0.1) is 0 Å². The van der Waals surface area contributed by atoms with E-state index in [0.717, 1.165) is 0 Å². The van der Waals surface area contributed by atoms with E-state index in [1.54, 1.807) is 13.8 Å². The van der Waals surface area contributed by atoms with Crippen LogP contribution in [-0.2, 0) is 23.1 Å². The molecule has 0 fully saturated rings. The van der Waals surface area contributed by atoms with Gasteiger partial charge in [0, 0.05) is 11.5 Å². The Morgan fingerprint density at radius 3 is 2.17 bits per heavy atom. The molecular formula is C13H29NO7PS2+. The Kier molecular flexibility index (Phi) is 12.4. The van der Waals surface area contributed by atoms with Crippen molar-refractivity contribution in [3.63, 3.8) is 0 Å². The summed E-state index contributed by atoms with van der Waals surface area (Å²) in [6, 6.07) is 0. The average Bonchev–Trinajstić information content (AvgIpc) is 2.39. The number of phosphoric ester groups is 1. The number of likely N-dealkylation sites (N-methyl/N-ethyl adjacent to an activating group) is 1. The number of hydrogen-bond acceptors (Lipinski definition) is 8. The van der Waals surface area contributed by atoms with Crippen LogP contribution < -0.4 is 0 Å². The molecule has 0 aliphatic rings. The Hall–Kier alpha value is 0.0400. The molecule has 0 aliphatic carbocycles. The summed E-state index contributed by atoms with van der Waals surface area (Å²) in [7, 11) is 4.84. The lowest BCUT2D eigenvalue weighted by molar-refractivity contribution is -0.870. The maximum absolute atomic E-state index is 11.6. The summed E-state index contributed by atoms with van der Waals surface area (Å²) in [5.41, 5.74) is 0. The standard InChI is InChI=1S/C13H28NO7PS2/c1-12(2)21-13(15)18-8-10-23-24-11-9-20-22(16,17)19-7-6-14(3,4)5/h12H,6-11H2,1-5H3/p+1. The van der Waals surface area contributed by atoms with Crippen molar-refractivity contribution in [2.45, 2.75) is 20.0 Å². The van der Waals surface area contributed by atoms with Crippen LogP contribution in [0, 0.1) is 0 Å². The van der Waals surface area contributed by atoms with Gasteiger partial charge in [0.05, 0.1) is 33.9 Å². The van der Waals surface area contributed by atoms with Crippen LogP contribution in [0.2, 0.25) is 0 Å². The summed E-state index contributed by atoms with van der Waals surface area (Å²) < 4.78 is 31.7. The summed E-state index contributed by atoms with van der Waals surface area (Å²) >= 11 is 0. The van der Waals surface area contributed by atoms with Gasteiger partial charge in [0.1, 0.15) is 19.8 Å². The molecule has 144 valence electrons. The lowest BCUT2D eigenvalue weighted by Crippen LogP contribution is -2.37. The van der Waals surface area contributed by atoms with Crippen molar-refractivity contribution in [3.05, 3.63) is 0 Å². The third-order valence-corrected chi connectivity index (χ3v) is 5.59. The summed E-state index contributed by atoms with van der Waals surface area (Å²) in [5.74, 6) is 1.11. The highest BCUT2D eigenvalue weighted by Crippen LogP contribution is 2.43. The van der Waals surface area contributed by atoms with E-state index in [1.165, 1.54) is 21.6 Å². The number of rotatable bonds is 13. The number of phosphoric acid groups is 1. The molecule has 0 heterocycles. The largest absolute Gasteiger partial charge is 0.508 e. The van der Waals surface area contributed by atoms with E-state index in [-0.39, 0.29) is 25.9 Å². The number of carbonyl (C=O) groups excluding carboxylic acids is 1. The predicted octanol–water partition coefficient (Wildman–Crippen LogP) is 2.77. The van der Waals surface area contributed by atoms with Crippen molar-refractivity contribution in [1.29, 1.82) is 0 Å². The summed E-state index contributed by atoms with van der Waals surface area (Å²) in [5, 5.41) is 0. The lowest BCUT2D eigenvalue weighted by atomic mass is 10.5. The second kappa shape index (κ2) is 12.4. The van der Waals surface area contributed by atoms with Gasteiger partial charge in [0.2, 0.25) is 0 Å². The number of hydrogen-bond donors (Lipinski definition) is 1. The van der Waals surface area contributed by atoms with Crippen LogP contribution in [0.5, 0.6) is 0 Å². The third kappa shape index (κ3) is 16.9. The SMILES string of the molecule is CC(C)OC(=O)OCCSSCCOP(=O)(O)OCC[N+](C)(C)C. The van der Waals surface area contributed by atoms with Gasteiger partial charge in [0.25, 0.3) is 0 Å². The van der Waals surface area contributed by atoms with Gasteiger partial charge < -0.3 is 18.9 Å². The molecule has 1 atom stereocenters. The van der Waals surface area contributed by atoms with Crippen LogP contribution in [-0.4, -0.2) is 80.6 Å². The number of quaternary nitrogens is 1. The van der Waals surface area contributed by atoms with E-state index in [1.807, 2.05) is 21.1 Å². The Labute approximate surface area is 152 Å². The molecule has 0 rings (SSSR count). The quantitative estimate of drug-likeness (QED) is 0.163. The van der Waals surface area contributed by atoms with E-state index < -0.39 is 14.0 Å². The molecule has 0 aromatic carbocycles. The van der Waals surface area contributed by atoms with E-state index in [0.29, 0.717) is 22.5 Å². The second-order valence-corrected chi connectivity index (χ2v) is 10.2. The van der Waals surface area contributed by atoms with Gasteiger partial charge >= 0.3 is 14.0 Å². The molecule has 0 bridgehead atoms. The van der Waals surface area contributed by atoms with Crippen molar-refractivity contribution in [2.24, 2.45) is 0 Å². The number of carbonyl (C=O) groups is 1. The lowest BCUT2D eigenvalue weighted by Gasteiger charge is -2.23. The minimum atomic E-state index is -3.99. The van der Waals surface area contributed by atoms with Crippen molar-refractivity contribution >= 4 is 35.6 Å². The van der Waals surface area contributed by atoms with Gasteiger partial charge in [-0.1, -0.05) is 21.6 Å². The predicted molar refractivity (Wildman–Crippen MR) is 97.1 cm³/mol. The monoisotopic (exact) mass is 406 g/mol. The molecule has 0 amide bonds. The Morgan fingerprint density at radius 2 is 1.62 bits per heavy atom. The zero-order chi connectivity index (χ0) is 18.6. The highest BCUT2D eigenvalue weighted by molar-refractivity contribution is 8.76. The molecule has 0 aromatic heterocycles. The van der Waals surface area contributed by atoms with Gasteiger partial charge in [-0.2, -0.15) is 0 Å². The first kappa shape index (κ1) is 24.0. The van der Waals surface area contributed by atoms with Crippen LogP contribution in [0.25, 0.3) is 0 Å². The first-order chi connectivity index (χ1) is 11.0. The molecule has 0 spiro atoms. The first-order valence-corrected chi connectivity index (χ1v) is 11.5. The van der Waals surface area contributed by atoms with Crippen LogP contribution in [0.1, 0.15) is 13.8 Å². The fourth-order valence-electron chi connectivity index (χ4n) is 1.16.